The molecule has 3 rings (SSSR count). The molecule has 2 aliphatic carbocycles. The fourth-order valence-electron chi connectivity index (χ4n) is 2.11. The third-order valence-electron chi connectivity index (χ3n) is 3.67. The van der Waals surface area contributed by atoms with Crippen LogP contribution in [0.15, 0.2) is 24.3 Å². The molecule has 0 atom stereocenters. The lowest BCUT2D eigenvalue weighted by atomic mass is 9.96. The molecular formula is C14H18O2. The highest BCUT2D eigenvalue weighted by atomic mass is 16.5. The molecule has 0 aromatic heterocycles. The quantitative estimate of drug-likeness (QED) is 0.842. The molecule has 1 aromatic rings. The van der Waals surface area contributed by atoms with E-state index in [1.165, 1.54) is 19.3 Å². The van der Waals surface area contributed by atoms with E-state index in [4.69, 9.17) is 4.74 Å². The zero-order valence-corrected chi connectivity index (χ0v) is 9.48. The Balaban J connectivity index is 1.74. The SMILES string of the molecule is OC1(Cc2ccccc2OC2CCC2)CC1. The maximum Gasteiger partial charge on any atom is 0.123 e. The summed E-state index contributed by atoms with van der Waals surface area (Å²) in [6.45, 7) is 0. The molecule has 0 amide bonds. The third kappa shape index (κ3) is 2.07. The minimum absolute atomic E-state index is 0.412. The summed E-state index contributed by atoms with van der Waals surface area (Å²) < 4.78 is 5.94. The van der Waals surface area contributed by atoms with Gasteiger partial charge in [-0.1, -0.05) is 18.2 Å². The van der Waals surface area contributed by atoms with E-state index in [1.54, 1.807) is 0 Å². The summed E-state index contributed by atoms with van der Waals surface area (Å²) in [6, 6.07) is 8.13. The average Bonchev–Trinajstić information content (AvgIpc) is 2.92. The molecule has 16 heavy (non-hydrogen) atoms. The van der Waals surface area contributed by atoms with Crippen LogP contribution < -0.4 is 4.74 Å². The average molecular weight is 218 g/mol. The molecule has 86 valence electrons. The standard InChI is InChI=1S/C14H18O2/c15-14(8-9-14)10-11-4-1-2-7-13(11)16-12-5-3-6-12/h1-2,4,7,12,15H,3,5-6,8-10H2. The third-order valence-corrected chi connectivity index (χ3v) is 3.67. The van der Waals surface area contributed by atoms with Gasteiger partial charge in [0.15, 0.2) is 0 Å². The topological polar surface area (TPSA) is 29.5 Å². The number of hydrogen-bond donors (Lipinski definition) is 1. The van der Waals surface area contributed by atoms with Crippen molar-refractivity contribution in [1.29, 1.82) is 0 Å². The molecule has 0 aliphatic heterocycles. The molecule has 0 spiro atoms. The Hall–Kier alpha value is -1.02. The molecule has 0 radical (unpaired) electrons. The van der Waals surface area contributed by atoms with Crippen LogP contribution in [0, 0.1) is 0 Å². The van der Waals surface area contributed by atoms with Gasteiger partial charge in [-0.05, 0) is 43.7 Å². The Morgan fingerprint density at radius 2 is 2.00 bits per heavy atom. The van der Waals surface area contributed by atoms with Crippen LogP contribution in [-0.2, 0) is 6.42 Å². The van der Waals surface area contributed by atoms with Crippen LogP contribution in [0.5, 0.6) is 5.75 Å². The van der Waals surface area contributed by atoms with Gasteiger partial charge in [-0.15, -0.1) is 0 Å². The lowest BCUT2D eigenvalue weighted by Gasteiger charge is -2.27. The second-order valence-electron chi connectivity index (χ2n) is 5.18. The highest BCUT2D eigenvalue weighted by molar-refractivity contribution is 5.35. The number of para-hydroxylation sites is 1. The normalized spacial score (nSPS) is 22.6. The number of rotatable bonds is 4. The van der Waals surface area contributed by atoms with Crippen molar-refractivity contribution in [2.75, 3.05) is 0 Å². The van der Waals surface area contributed by atoms with Crippen LogP contribution in [0.3, 0.4) is 0 Å². The van der Waals surface area contributed by atoms with Crippen LogP contribution >= 0.6 is 0 Å². The lowest BCUT2D eigenvalue weighted by molar-refractivity contribution is 0.114. The van der Waals surface area contributed by atoms with E-state index >= 15 is 0 Å². The van der Waals surface area contributed by atoms with Gasteiger partial charge < -0.3 is 9.84 Å². The second-order valence-corrected chi connectivity index (χ2v) is 5.18. The van der Waals surface area contributed by atoms with Gasteiger partial charge >= 0.3 is 0 Å². The summed E-state index contributed by atoms with van der Waals surface area (Å²) in [5, 5.41) is 9.96. The van der Waals surface area contributed by atoms with Gasteiger partial charge in [0.25, 0.3) is 0 Å². The van der Waals surface area contributed by atoms with Gasteiger partial charge in [-0.25, -0.2) is 0 Å². The number of hydrogen-bond acceptors (Lipinski definition) is 2. The van der Waals surface area contributed by atoms with E-state index in [0.29, 0.717) is 6.10 Å². The first-order chi connectivity index (χ1) is 7.75. The minimum Gasteiger partial charge on any atom is -0.490 e. The summed E-state index contributed by atoms with van der Waals surface area (Å²) in [5.74, 6) is 0.979. The van der Waals surface area contributed by atoms with Gasteiger partial charge in [0.1, 0.15) is 5.75 Å². The Kier molecular flexibility index (Phi) is 2.40. The number of ether oxygens (including phenoxy) is 1. The zero-order valence-electron chi connectivity index (χ0n) is 9.48. The molecule has 1 N–H and O–H groups in total. The van der Waals surface area contributed by atoms with Crippen molar-refractivity contribution < 1.29 is 9.84 Å². The van der Waals surface area contributed by atoms with Crippen molar-refractivity contribution in [3.63, 3.8) is 0 Å². The zero-order chi connectivity index (χ0) is 11.0. The van der Waals surface area contributed by atoms with E-state index in [1.807, 2.05) is 18.2 Å². The minimum atomic E-state index is -0.431. The number of aliphatic hydroxyl groups is 1. The molecule has 2 fully saturated rings. The molecule has 2 heteroatoms. The first kappa shape index (κ1) is 10.2. The van der Waals surface area contributed by atoms with Crippen LogP contribution in [-0.4, -0.2) is 16.8 Å². The van der Waals surface area contributed by atoms with Gasteiger partial charge in [0.05, 0.1) is 11.7 Å². The second kappa shape index (κ2) is 3.77. The summed E-state index contributed by atoms with van der Waals surface area (Å²) in [7, 11) is 0. The predicted molar refractivity (Wildman–Crippen MR) is 62.6 cm³/mol. The Morgan fingerprint density at radius 3 is 2.62 bits per heavy atom. The molecule has 0 unspecified atom stereocenters. The largest absolute Gasteiger partial charge is 0.490 e. The van der Waals surface area contributed by atoms with Crippen molar-refractivity contribution in [3.8, 4) is 5.75 Å². The molecule has 0 saturated heterocycles. The smallest absolute Gasteiger partial charge is 0.123 e. The van der Waals surface area contributed by atoms with Crippen molar-refractivity contribution in [2.24, 2.45) is 0 Å². The van der Waals surface area contributed by atoms with Crippen LogP contribution in [0.4, 0.5) is 0 Å². The fourth-order valence-corrected chi connectivity index (χ4v) is 2.11. The predicted octanol–water partition coefficient (Wildman–Crippen LogP) is 2.69. The summed E-state index contributed by atoms with van der Waals surface area (Å²) in [5.41, 5.74) is 0.730. The van der Waals surface area contributed by atoms with Gasteiger partial charge in [-0.3, -0.25) is 0 Å². The van der Waals surface area contributed by atoms with Crippen LogP contribution in [0.2, 0.25) is 0 Å². The van der Waals surface area contributed by atoms with E-state index < -0.39 is 5.60 Å². The van der Waals surface area contributed by atoms with Crippen molar-refractivity contribution in [1.82, 2.24) is 0 Å². The van der Waals surface area contributed by atoms with Gasteiger partial charge in [-0.2, -0.15) is 0 Å². The molecule has 2 saturated carbocycles. The monoisotopic (exact) mass is 218 g/mol. The van der Waals surface area contributed by atoms with E-state index in [9.17, 15) is 5.11 Å². The summed E-state index contributed by atoms with van der Waals surface area (Å²) >= 11 is 0. The van der Waals surface area contributed by atoms with Crippen molar-refractivity contribution >= 4 is 0 Å². The van der Waals surface area contributed by atoms with Crippen LogP contribution in [0.25, 0.3) is 0 Å². The van der Waals surface area contributed by atoms with E-state index in [2.05, 4.69) is 6.07 Å². The van der Waals surface area contributed by atoms with Crippen molar-refractivity contribution in [2.45, 2.75) is 50.2 Å². The maximum absolute atomic E-state index is 9.96. The Bertz CT molecular complexity index is 378. The van der Waals surface area contributed by atoms with E-state index in [-0.39, 0.29) is 0 Å². The molecular weight excluding hydrogens is 200 g/mol. The lowest BCUT2D eigenvalue weighted by Crippen LogP contribution is -2.25. The maximum atomic E-state index is 9.96. The fraction of sp³-hybridized carbons (Fsp3) is 0.571. The van der Waals surface area contributed by atoms with E-state index in [0.717, 1.165) is 30.6 Å². The van der Waals surface area contributed by atoms with Gasteiger partial charge in [0.2, 0.25) is 0 Å². The first-order valence-corrected chi connectivity index (χ1v) is 6.22. The van der Waals surface area contributed by atoms with Gasteiger partial charge in [0, 0.05) is 6.42 Å². The molecule has 2 aliphatic rings. The highest BCUT2D eigenvalue weighted by Gasteiger charge is 2.40. The summed E-state index contributed by atoms with van der Waals surface area (Å²) in [6.07, 6.45) is 6.68. The van der Waals surface area contributed by atoms with Crippen molar-refractivity contribution in [3.05, 3.63) is 29.8 Å². The van der Waals surface area contributed by atoms with Crippen LogP contribution in [0.1, 0.15) is 37.7 Å². The summed E-state index contributed by atoms with van der Waals surface area (Å²) in [4.78, 5) is 0. The Labute approximate surface area is 96.2 Å². The highest BCUT2D eigenvalue weighted by Crippen LogP contribution is 2.40. The number of benzene rings is 1. The molecule has 0 heterocycles. The molecule has 1 aromatic carbocycles. The molecule has 0 bridgehead atoms. The molecule has 2 nitrogen and oxygen atoms in total. The first-order valence-electron chi connectivity index (χ1n) is 6.22. The Morgan fingerprint density at radius 1 is 1.25 bits per heavy atom.